The summed E-state index contributed by atoms with van der Waals surface area (Å²) in [5, 5.41) is 8.81. The predicted molar refractivity (Wildman–Crippen MR) is 77.7 cm³/mol. The summed E-state index contributed by atoms with van der Waals surface area (Å²) in [6.45, 7) is 5.88. The normalized spacial score (nSPS) is 12.1. The van der Waals surface area contributed by atoms with Crippen LogP contribution < -0.4 is 0 Å². The number of carboxylic acid groups (broad SMARTS) is 1. The first-order valence-corrected chi connectivity index (χ1v) is 8.08. The van der Waals surface area contributed by atoms with E-state index in [4.69, 9.17) is 16.7 Å². The molecule has 0 atom stereocenters. The first-order valence-electron chi connectivity index (χ1n) is 6.26. The van der Waals surface area contributed by atoms with Crippen molar-refractivity contribution in [2.45, 2.75) is 38.1 Å². The Bertz CT molecular complexity index is 598. The minimum Gasteiger partial charge on any atom is -0.478 e. The molecule has 0 aliphatic rings. The molecule has 0 saturated heterocycles. The summed E-state index contributed by atoms with van der Waals surface area (Å²) in [5.74, 6) is -1.19. The van der Waals surface area contributed by atoms with Crippen molar-refractivity contribution in [1.29, 1.82) is 0 Å². The molecule has 0 aromatic heterocycles. The van der Waals surface area contributed by atoms with Crippen LogP contribution in [-0.2, 0) is 10.0 Å². The third-order valence-electron chi connectivity index (χ3n) is 2.80. The van der Waals surface area contributed by atoms with E-state index in [1.54, 1.807) is 13.8 Å². The number of rotatable bonds is 6. The van der Waals surface area contributed by atoms with E-state index in [1.165, 1.54) is 22.5 Å². The summed E-state index contributed by atoms with van der Waals surface area (Å²) in [6.07, 6.45) is 0.693. The van der Waals surface area contributed by atoms with Crippen LogP contribution in [0.15, 0.2) is 23.1 Å². The molecule has 1 aromatic rings. The Morgan fingerprint density at radius 3 is 2.40 bits per heavy atom. The van der Waals surface area contributed by atoms with E-state index in [1.807, 2.05) is 6.92 Å². The Hall–Kier alpha value is -1.11. The zero-order chi connectivity index (χ0) is 15.5. The predicted octanol–water partition coefficient (Wildman–Crippen LogP) is 2.85. The number of halogens is 1. The monoisotopic (exact) mass is 319 g/mol. The van der Waals surface area contributed by atoms with E-state index in [9.17, 15) is 13.2 Å². The van der Waals surface area contributed by atoms with E-state index in [0.717, 1.165) is 0 Å². The van der Waals surface area contributed by atoms with Gasteiger partial charge in [0.25, 0.3) is 0 Å². The molecule has 7 heteroatoms. The van der Waals surface area contributed by atoms with Crippen molar-refractivity contribution in [3.05, 3.63) is 28.8 Å². The smallest absolute Gasteiger partial charge is 0.337 e. The van der Waals surface area contributed by atoms with Gasteiger partial charge >= 0.3 is 5.97 Å². The lowest BCUT2D eigenvalue weighted by atomic mass is 10.2. The number of sulfonamides is 1. The van der Waals surface area contributed by atoms with Gasteiger partial charge in [0, 0.05) is 12.6 Å². The molecule has 0 bridgehead atoms. The molecule has 112 valence electrons. The quantitative estimate of drug-likeness (QED) is 0.875. The number of nitrogens with zero attached hydrogens (tertiary/aromatic N) is 1. The minimum absolute atomic E-state index is 0.00894. The van der Waals surface area contributed by atoms with Crippen LogP contribution in [0.1, 0.15) is 37.6 Å². The molecule has 5 nitrogen and oxygen atoms in total. The molecule has 0 spiro atoms. The SMILES string of the molecule is CCCN(C(C)C)S(=O)(=O)c1ccc(C(=O)O)c(Cl)c1. The number of carbonyl (C=O) groups is 1. The van der Waals surface area contributed by atoms with Crippen molar-refractivity contribution in [2.75, 3.05) is 6.54 Å². The fraction of sp³-hybridized carbons (Fsp3) is 0.462. The van der Waals surface area contributed by atoms with Crippen molar-refractivity contribution in [2.24, 2.45) is 0 Å². The van der Waals surface area contributed by atoms with E-state index >= 15 is 0 Å². The van der Waals surface area contributed by atoms with Crippen molar-refractivity contribution in [1.82, 2.24) is 4.31 Å². The number of aromatic carboxylic acids is 1. The molecule has 0 heterocycles. The van der Waals surface area contributed by atoms with Gasteiger partial charge < -0.3 is 5.11 Å². The summed E-state index contributed by atoms with van der Waals surface area (Å²) in [4.78, 5) is 10.9. The van der Waals surface area contributed by atoms with Gasteiger partial charge in [-0.1, -0.05) is 18.5 Å². The molecule has 0 unspecified atom stereocenters. The molecule has 0 amide bonds. The van der Waals surface area contributed by atoms with Gasteiger partial charge in [-0.05, 0) is 38.5 Å². The van der Waals surface area contributed by atoms with Crippen LogP contribution in [0.2, 0.25) is 5.02 Å². The lowest BCUT2D eigenvalue weighted by molar-refractivity contribution is 0.0697. The van der Waals surface area contributed by atoms with Gasteiger partial charge in [0.15, 0.2) is 0 Å². The van der Waals surface area contributed by atoms with Crippen LogP contribution in [0.4, 0.5) is 0 Å². The first kappa shape index (κ1) is 16.9. The average Bonchev–Trinajstić information content (AvgIpc) is 2.34. The Balaban J connectivity index is 3.28. The second kappa shape index (κ2) is 6.56. The molecule has 1 rings (SSSR count). The molecule has 0 aliphatic carbocycles. The summed E-state index contributed by atoms with van der Waals surface area (Å²) < 4.78 is 26.4. The largest absolute Gasteiger partial charge is 0.478 e. The van der Waals surface area contributed by atoms with Crippen molar-refractivity contribution in [3.63, 3.8) is 0 Å². The summed E-state index contributed by atoms with van der Waals surface area (Å²) >= 11 is 5.83. The zero-order valence-corrected chi connectivity index (χ0v) is 13.2. The van der Waals surface area contributed by atoms with E-state index in [0.29, 0.717) is 13.0 Å². The highest BCUT2D eigenvalue weighted by Gasteiger charge is 2.27. The van der Waals surface area contributed by atoms with Crippen LogP contribution in [0.3, 0.4) is 0 Å². The standard InChI is InChI=1S/C13H18ClNO4S/c1-4-7-15(9(2)3)20(18,19)10-5-6-11(13(16)17)12(14)8-10/h5-6,8-9H,4,7H2,1-3H3,(H,16,17). The number of carboxylic acids is 1. The van der Waals surface area contributed by atoms with Gasteiger partial charge in [-0.2, -0.15) is 4.31 Å². The van der Waals surface area contributed by atoms with Crippen LogP contribution in [-0.4, -0.2) is 36.4 Å². The first-order chi connectivity index (χ1) is 9.21. The molecule has 20 heavy (non-hydrogen) atoms. The molecule has 0 saturated carbocycles. The van der Waals surface area contributed by atoms with Crippen molar-refractivity contribution < 1.29 is 18.3 Å². The number of hydrogen-bond donors (Lipinski definition) is 1. The van der Waals surface area contributed by atoms with Crippen molar-refractivity contribution in [3.8, 4) is 0 Å². The van der Waals surface area contributed by atoms with Crippen LogP contribution in [0.25, 0.3) is 0 Å². The molecule has 0 radical (unpaired) electrons. The zero-order valence-electron chi connectivity index (χ0n) is 11.6. The highest BCUT2D eigenvalue weighted by Crippen LogP contribution is 2.24. The van der Waals surface area contributed by atoms with Gasteiger partial charge in [-0.15, -0.1) is 0 Å². The topological polar surface area (TPSA) is 74.7 Å². The Morgan fingerprint density at radius 1 is 1.40 bits per heavy atom. The molecule has 0 fully saturated rings. The Morgan fingerprint density at radius 2 is 2.00 bits per heavy atom. The van der Waals surface area contributed by atoms with Gasteiger partial charge in [-0.25, -0.2) is 13.2 Å². The van der Waals surface area contributed by atoms with E-state index in [2.05, 4.69) is 0 Å². The van der Waals surface area contributed by atoms with Gasteiger partial charge in [-0.3, -0.25) is 0 Å². The summed E-state index contributed by atoms with van der Waals surface area (Å²) in [5.41, 5.74) is -0.114. The summed E-state index contributed by atoms with van der Waals surface area (Å²) in [6, 6.07) is 3.49. The fourth-order valence-electron chi connectivity index (χ4n) is 1.84. The second-order valence-electron chi connectivity index (χ2n) is 4.66. The van der Waals surface area contributed by atoms with Gasteiger partial charge in [0.05, 0.1) is 15.5 Å². The lowest BCUT2D eigenvalue weighted by Crippen LogP contribution is -2.37. The Labute approximate surface area is 124 Å². The summed E-state index contributed by atoms with van der Waals surface area (Å²) in [7, 11) is -3.67. The highest BCUT2D eigenvalue weighted by atomic mass is 35.5. The van der Waals surface area contributed by atoms with E-state index in [-0.39, 0.29) is 21.5 Å². The second-order valence-corrected chi connectivity index (χ2v) is 6.95. The molecule has 1 N–H and O–H groups in total. The average molecular weight is 320 g/mol. The maximum absolute atomic E-state index is 12.5. The fourth-order valence-corrected chi connectivity index (χ4v) is 3.92. The van der Waals surface area contributed by atoms with Crippen LogP contribution in [0, 0.1) is 0 Å². The molecular formula is C13H18ClNO4S. The third kappa shape index (κ3) is 3.50. The Kier molecular flexibility index (Phi) is 5.56. The molecule has 0 aliphatic heterocycles. The minimum atomic E-state index is -3.67. The maximum atomic E-state index is 12.5. The van der Waals surface area contributed by atoms with Crippen LogP contribution >= 0.6 is 11.6 Å². The van der Waals surface area contributed by atoms with Crippen LogP contribution in [0.5, 0.6) is 0 Å². The highest BCUT2D eigenvalue weighted by molar-refractivity contribution is 7.89. The molecule has 1 aromatic carbocycles. The van der Waals surface area contributed by atoms with E-state index < -0.39 is 16.0 Å². The molecular weight excluding hydrogens is 302 g/mol. The third-order valence-corrected chi connectivity index (χ3v) is 5.18. The number of benzene rings is 1. The number of hydrogen-bond acceptors (Lipinski definition) is 3. The van der Waals surface area contributed by atoms with Gasteiger partial charge in [0.1, 0.15) is 0 Å². The van der Waals surface area contributed by atoms with Crippen molar-refractivity contribution >= 4 is 27.6 Å². The van der Waals surface area contributed by atoms with Gasteiger partial charge in [0.2, 0.25) is 10.0 Å². The lowest BCUT2D eigenvalue weighted by Gasteiger charge is -2.25. The maximum Gasteiger partial charge on any atom is 0.337 e.